The van der Waals surface area contributed by atoms with Gasteiger partial charge in [0.1, 0.15) is 5.76 Å². The number of rotatable bonds is 5. The van der Waals surface area contributed by atoms with Gasteiger partial charge in [-0.15, -0.1) is 10.2 Å². The highest BCUT2D eigenvalue weighted by Crippen LogP contribution is 2.31. The van der Waals surface area contributed by atoms with Crippen molar-refractivity contribution in [3.63, 3.8) is 0 Å². The molecule has 0 bridgehead atoms. The summed E-state index contributed by atoms with van der Waals surface area (Å²) in [5.41, 5.74) is 5.32. The van der Waals surface area contributed by atoms with Gasteiger partial charge >= 0.3 is 0 Å². The number of thioether (sulfide) groups is 1. The van der Waals surface area contributed by atoms with Crippen LogP contribution in [0.3, 0.4) is 0 Å². The number of aryl methyl sites for hydroxylation is 3. The monoisotopic (exact) mass is 376 g/mol. The van der Waals surface area contributed by atoms with Gasteiger partial charge in [-0.05, 0) is 39.0 Å². The average Bonchev–Trinajstić information content (AvgIpc) is 3.24. The summed E-state index contributed by atoms with van der Waals surface area (Å²) in [6, 6.07) is 18.5. The van der Waals surface area contributed by atoms with E-state index in [1.54, 1.807) is 11.8 Å². The van der Waals surface area contributed by atoms with Gasteiger partial charge in [-0.25, -0.2) is 0 Å². The maximum atomic E-state index is 5.28. The molecule has 0 aliphatic carbocycles. The fourth-order valence-corrected chi connectivity index (χ4v) is 4.09. The van der Waals surface area contributed by atoms with Crippen molar-refractivity contribution in [2.24, 2.45) is 0 Å². The van der Waals surface area contributed by atoms with E-state index in [1.807, 2.05) is 38.1 Å². The zero-order valence-electron chi connectivity index (χ0n) is 15.5. The molecule has 2 aromatic heterocycles. The van der Waals surface area contributed by atoms with Crippen molar-refractivity contribution in [1.82, 2.24) is 19.9 Å². The number of nitrogens with zero attached hydrogens (tertiary/aromatic N) is 4. The van der Waals surface area contributed by atoms with Gasteiger partial charge in [-0.2, -0.15) is 0 Å². The topological polar surface area (TPSA) is 56.7 Å². The first-order valence-corrected chi connectivity index (χ1v) is 9.74. The molecule has 0 radical (unpaired) electrons. The summed E-state index contributed by atoms with van der Waals surface area (Å²) in [7, 11) is 0. The lowest BCUT2D eigenvalue weighted by Gasteiger charge is -2.10. The van der Waals surface area contributed by atoms with Gasteiger partial charge in [0.05, 0.1) is 5.69 Å². The van der Waals surface area contributed by atoms with E-state index in [0.29, 0.717) is 0 Å². The lowest BCUT2D eigenvalue weighted by Crippen LogP contribution is -2.00. The third-order valence-corrected chi connectivity index (χ3v) is 5.41. The highest BCUT2D eigenvalue weighted by molar-refractivity contribution is 7.98. The van der Waals surface area contributed by atoms with Gasteiger partial charge in [0, 0.05) is 22.6 Å². The third kappa shape index (κ3) is 3.53. The number of aromatic nitrogens is 4. The molecule has 0 amide bonds. The van der Waals surface area contributed by atoms with Gasteiger partial charge < -0.3 is 4.52 Å². The van der Waals surface area contributed by atoms with Crippen LogP contribution in [0.1, 0.15) is 22.6 Å². The van der Waals surface area contributed by atoms with Gasteiger partial charge in [-0.3, -0.25) is 4.57 Å². The van der Waals surface area contributed by atoms with Crippen LogP contribution < -0.4 is 0 Å². The van der Waals surface area contributed by atoms with Crippen molar-refractivity contribution in [3.05, 3.63) is 77.2 Å². The van der Waals surface area contributed by atoms with Crippen LogP contribution in [0.15, 0.2) is 64.3 Å². The second-order valence-electron chi connectivity index (χ2n) is 6.44. The zero-order chi connectivity index (χ0) is 18.8. The molecule has 0 aliphatic heterocycles. The van der Waals surface area contributed by atoms with Crippen LogP contribution in [0.25, 0.3) is 17.1 Å². The summed E-state index contributed by atoms with van der Waals surface area (Å²) in [4.78, 5) is 0. The van der Waals surface area contributed by atoms with E-state index in [2.05, 4.69) is 57.2 Å². The van der Waals surface area contributed by atoms with Gasteiger partial charge in [0.2, 0.25) is 0 Å². The van der Waals surface area contributed by atoms with Crippen LogP contribution in [-0.4, -0.2) is 19.9 Å². The van der Waals surface area contributed by atoms with Crippen LogP contribution in [0.5, 0.6) is 0 Å². The molecule has 0 aliphatic rings. The molecule has 136 valence electrons. The van der Waals surface area contributed by atoms with Crippen LogP contribution in [-0.2, 0) is 5.75 Å². The minimum absolute atomic E-state index is 0.736. The minimum atomic E-state index is 0.736. The Morgan fingerprint density at radius 2 is 1.78 bits per heavy atom. The highest BCUT2D eigenvalue weighted by atomic mass is 32.2. The quantitative estimate of drug-likeness (QED) is 0.451. The Hall–Kier alpha value is -2.86. The van der Waals surface area contributed by atoms with Gasteiger partial charge in [-0.1, -0.05) is 58.9 Å². The fourth-order valence-electron chi connectivity index (χ4n) is 2.99. The lowest BCUT2D eigenvalue weighted by molar-refractivity contribution is 0.392. The van der Waals surface area contributed by atoms with E-state index < -0.39 is 0 Å². The summed E-state index contributed by atoms with van der Waals surface area (Å²) in [5, 5.41) is 13.9. The predicted molar refractivity (Wildman–Crippen MR) is 107 cm³/mol. The molecule has 0 spiro atoms. The fraction of sp³-hybridized carbons (Fsp3) is 0.190. The minimum Gasteiger partial charge on any atom is -0.361 e. The maximum absolute atomic E-state index is 5.28. The Morgan fingerprint density at radius 3 is 2.48 bits per heavy atom. The number of para-hydroxylation sites is 1. The Balaban J connectivity index is 1.76. The molecule has 4 aromatic rings. The van der Waals surface area contributed by atoms with Crippen molar-refractivity contribution >= 4 is 11.8 Å². The molecule has 0 fully saturated rings. The maximum Gasteiger partial charge on any atom is 0.196 e. The number of benzene rings is 2. The normalized spacial score (nSPS) is 11.1. The molecule has 0 unspecified atom stereocenters. The second kappa shape index (κ2) is 7.40. The summed E-state index contributed by atoms with van der Waals surface area (Å²) in [6.45, 7) is 5.99. The number of hydrogen-bond donors (Lipinski definition) is 0. The van der Waals surface area contributed by atoms with Crippen molar-refractivity contribution < 1.29 is 4.52 Å². The van der Waals surface area contributed by atoms with Gasteiger partial charge in [0.25, 0.3) is 0 Å². The summed E-state index contributed by atoms with van der Waals surface area (Å²) in [6.07, 6.45) is 0. The average molecular weight is 376 g/mol. The molecule has 6 heteroatoms. The Labute approximate surface area is 162 Å². The van der Waals surface area contributed by atoms with E-state index in [1.165, 1.54) is 5.56 Å². The van der Waals surface area contributed by atoms with Crippen LogP contribution >= 0.6 is 11.8 Å². The first-order valence-electron chi connectivity index (χ1n) is 8.76. The van der Waals surface area contributed by atoms with Crippen LogP contribution in [0, 0.1) is 20.8 Å². The highest BCUT2D eigenvalue weighted by Gasteiger charge is 2.18. The van der Waals surface area contributed by atoms with E-state index >= 15 is 0 Å². The van der Waals surface area contributed by atoms with E-state index in [0.717, 1.165) is 45.0 Å². The van der Waals surface area contributed by atoms with Crippen molar-refractivity contribution in [1.29, 1.82) is 0 Å². The Bertz CT molecular complexity index is 1050. The molecule has 5 nitrogen and oxygen atoms in total. The largest absolute Gasteiger partial charge is 0.361 e. The van der Waals surface area contributed by atoms with E-state index in [4.69, 9.17) is 4.52 Å². The predicted octanol–water partition coefficient (Wildman–Crippen LogP) is 5.14. The Kier molecular flexibility index (Phi) is 4.81. The molecule has 0 saturated heterocycles. The molecule has 2 aromatic carbocycles. The smallest absolute Gasteiger partial charge is 0.196 e. The molecular formula is C21H20N4OS. The molecule has 4 rings (SSSR count). The van der Waals surface area contributed by atoms with Gasteiger partial charge in [0.15, 0.2) is 11.0 Å². The molecule has 0 saturated carbocycles. The van der Waals surface area contributed by atoms with Crippen molar-refractivity contribution in [2.75, 3.05) is 0 Å². The summed E-state index contributed by atoms with van der Waals surface area (Å²) < 4.78 is 7.39. The molecule has 27 heavy (non-hydrogen) atoms. The first kappa shape index (κ1) is 17.5. The summed E-state index contributed by atoms with van der Waals surface area (Å²) >= 11 is 1.64. The lowest BCUT2D eigenvalue weighted by atomic mass is 10.1. The third-order valence-electron chi connectivity index (χ3n) is 4.45. The second-order valence-corrected chi connectivity index (χ2v) is 7.38. The van der Waals surface area contributed by atoms with Crippen LogP contribution in [0.4, 0.5) is 0 Å². The number of hydrogen-bond acceptors (Lipinski definition) is 5. The molecule has 0 atom stereocenters. The zero-order valence-corrected chi connectivity index (χ0v) is 16.3. The molecular weight excluding hydrogens is 356 g/mol. The van der Waals surface area contributed by atoms with Crippen molar-refractivity contribution in [2.45, 2.75) is 31.7 Å². The summed E-state index contributed by atoms with van der Waals surface area (Å²) in [5.74, 6) is 2.43. The van der Waals surface area contributed by atoms with Crippen LogP contribution in [0.2, 0.25) is 0 Å². The first-order chi connectivity index (χ1) is 13.1. The van der Waals surface area contributed by atoms with E-state index in [9.17, 15) is 0 Å². The van der Waals surface area contributed by atoms with Crippen molar-refractivity contribution in [3.8, 4) is 17.1 Å². The molecule has 0 N–H and O–H groups in total. The Morgan fingerprint density at radius 1 is 0.963 bits per heavy atom. The SMILES string of the molecule is Cc1cccc(-c2nnc(SCc3c(C)noc3C)n2-c2ccccc2)c1. The standard InChI is InChI=1S/C21H20N4OS/c1-14-8-7-9-17(12-14)20-22-23-21(25(20)18-10-5-4-6-11-18)27-13-19-15(2)24-26-16(19)3/h4-12H,13H2,1-3H3. The van der Waals surface area contributed by atoms with E-state index in [-0.39, 0.29) is 0 Å². The molecule has 2 heterocycles.